The highest BCUT2D eigenvalue weighted by Crippen LogP contribution is 2.40. The quantitative estimate of drug-likeness (QED) is 0.414. The first-order valence-electron chi connectivity index (χ1n) is 9.30. The Morgan fingerprint density at radius 3 is 2.31 bits per heavy atom. The second-order valence-corrected chi connectivity index (χ2v) is 8.90. The molecule has 0 aliphatic carbocycles. The number of fused-ring (bicyclic) bond motifs is 1. The third-order valence-electron chi connectivity index (χ3n) is 5.02. The molecule has 3 aromatic carbocycles. The van der Waals surface area contributed by atoms with Crippen molar-refractivity contribution in [3.63, 3.8) is 0 Å². The predicted octanol–water partition coefficient (Wildman–Crippen LogP) is 3.92. The third-order valence-corrected chi connectivity index (χ3v) is 6.30. The largest absolute Gasteiger partial charge is 0.308 e. The van der Waals surface area contributed by atoms with Crippen molar-refractivity contribution in [2.24, 2.45) is 5.14 Å². The lowest BCUT2D eigenvalue weighted by Gasteiger charge is -2.13. The first-order valence-corrected chi connectivity index (χ1v) is 11.2. The first kappa shape index (κ1) is 20.3. The van der Waals surface area contributed by atoms with Crippen LogP contribution in [0.3, 0.4) is 0 Å². The number of primary sulfonamides is 1. The van der Waals surface area contributed by atoms with E-state index in [2.05, 4.69) is 20.6 Å². The highest BCUT2D eigenvalue weighted by atomic mass is 35.5. The molecule has 3 N–H and O–H groups in total. The maximum absolute atomic E-state index is 14.4. The van der Waals surface area contributed by atoms with Crippen molar-refractivity contribution >= 4 is 32.5 Å². The molecule has 0 saturated carbocycles. The van der Waals surface area contributed by atoms with Gasteiger partial charge in [0.15, 0.2) is 0 Å². The SMILES string of the molecule is NS(=O)(=O)c1c(-c2ccc(-c3nn[nH]n3)cc2)n(-c2ccccc2)c2cc(Cl)c(F)cc12. The fourth-order valence-electron chi connectivity index (χ4n) is 3.71. The van der Waals surface area contributed by atoms with Crippen molar-refractivity contribution in [3.8, 4) is 28.3 Å². The summed E-state index contributed by atoms with van der Waals surface area (Å²) in [5.41, 5.74) is 2.57. The normalized spacial score (nSPS) is 11.8. The van der Waals surface area contributed by atoms with Crippen LogP contribution < -0.4 is 5.14 Å². The number of sulfonamides is 1. The molecule has 2 heterocycles. The summed E-state index contributed by atoms with van der Waals surface area (Å²) in [4.78, 5) is -0.195. The van der Waals surface area contributed by atoms with E-state index in [1.165, 1.54) is 6.07 Å². The molecule has 0 aliphatic heterocycles. The van der Waals surface area contributed by atoms with Gasteiger partial charge in [0.2, 0.25) is 15.8 Å². The van der Waals surface area contributed by atoms with Gasteiger partial charge in [0, 0.05) is 16.6 Å². The van der Waals surface area contributed by atoms with Gasteiger partial charge in [-0.25, -0.2) is 17.9 Å². The van der Waals surface area contributed by atoms with Gasteiger partial charge in [0.1, 0.15) is 10.7 Å². The number of para-hydroxylation sites is 1. The molecule has 0 fully saturated rings. The molecule has 11 heteroatoms. The number of hydrogen-bond acceptors (Lipinski definition) is 5. The van der Waals surface area contributed by atoms with Crippen LogP contribution in [0, 0.1) is 5.82 Å². The van der Waals surface area contributed by atoms with E-state index >= 15 is 0 Å². The second kappa shape index (κ2) is 7.52. The summed E-state index contributed by atoms with van der Waals surface area (Å²) in [5, 5.41) is 19.4. The fourth-order valence-corrected chi connectivity index (χ4v) is 4.81. The van der Waals surface area contributed by atoms with E-state index in [1.807, 2.05) is 18.2 Å². The Hall–Kier alpha value is -3.60. The van der Waals surface area contributed by atoms with Gasteiger partial charge >= 0.3 is 0 Å². The number of nitrogens with zero attached hydrogens (tertiary/aromatic N) is 4. The lowest BCUT2D eigenvalue weighted by atomic mass is 10.1. The Bertz CT molecular complexity index is 1550. The van der Waals surface area contributed by atoms with Crippen LogP contribution in [0.1, 0.15) is 0 Å². The van der Waals surface area contributed by atoms with E-state index in [9.17, 15) is 12.8 Å². The first-order chi connectivity index (χ1) is 15.3. The molecule has 5 aromatic rings. The molecule has 8 nitrogen and oxygen atoms in total. The van der Waals surface area contributed by atoms with Gasteiger partial charge in [-0.2, -0.15) is 5.21 Å². The van der Waals surface area contributed by atoms with Crippen LogP contribution >= 0.6 is 11.6 Å². The van der Waals surface area contributed by atoms with E-state index in [4.69, 9.17) is 16.7 Å². The number of H-pyrrole nitrogens is 1. The lowest BCUT2D eigenvalue weighted by molar-refractivity contribution is 0.598. The fraction of sp³-hybridized carbons (Fsp3) is 0. The summed E-state index contributed by atoms with van der Waals surface area (Å²) in [6.45, 7) is 0. The van der Waals surface area contributed by atoms with E-state index in [0.717, 1.165) is 6.07 Å². The van der Waals surface area contributed by atoms with Gasteiger partial charge in [0.25, 0.3) is 0 Å². The molecule has 0 spiro atoms. The van der Waals surface area contributed by atoms with E-state index in [1.54, 1.807) is 41.0 Å². The summed E-state index contributed by atoms with van der Waals surface area (Å²) >= 11 is 6.06. The van der Waals surface area contributed by atoms with Crippen molar-refractivity contribution in [2.75, 3.05) is 0 Å². The van der Waals surface area contributed by atoms with Crippen LogP contribution in [-0.2, 0) is 10.0 Å². The number of nitrogens with one attached hydrogen (secondary N) is 1. The standard InChI is InChI=1S/C21H14ClFN6O2S/c22-16-11-18-15(10-17(16)23)20(32(24,30)31)19(29(18)14-4-2-1-3-5-14)12-6-8-13(9-7-12)21-25-27-28-26-21/h1-11H,(H2,24,30,31)(H,25,26,27,28). The average Bonchev–Trinajstić information content (AvgIpc) is 3.41. The summed E-state index contributed by atoms with van der Waals surface area (Å²) < 4.78 is 41.5. The minimum absolute atomic E-state index is 0.132. The monoisotopic (exact) mass is 468 g/mol. The Labute approximate surface area is 186 Å². The van der Waals surface area contributed by atoms with Crippen molar-refractivity contribution in [2.45, 2.75) is 4.90 Å². The van der Waals surface area contributed by atoms with Crippen molar-refractivity contribution in [1.82, 2.24) is 25.2 Å². The number of nitrogens with two attached hydrogens (primary N) is 1. The van der Waals surface area contributed by atoms with Gasteiger partial charge in [-0.15, -0.1) is 10.2 Å². The van der Waals surface area contributed by atoms with Crippen LogP contribution in [0.2, 0.25) is 5.02 Å². The molecule has 0 unspecified atom stereocenters. The summed E-state index contributed by atoms with van der Waals surface area (Å²) in [7, 11) is -4.25. The van der Waals surface area contributed by atoms with Gasteiger partial charge in [-0.1, -0.05) is 54.1 Å². The Morgan fingerprint density at radius 1 is 1.00 bits per heavy atom. The van der Waals surface area contributed by atoms with Crippen molar-refractivity contribution in [1.29, 1.82) is 0 Å². The van der Waals surface area contributed by atoms with Crippen LogP contribution in [0.15, 0.2) is 71.6 Å². The van der Waals surface area contributed by atoms with Gasteiger partial charge in [-0.05, 0) is 35.0 Å². The van der Waals surface area contributed by atoms with Crippen LogP contribution in [0.4, 0.5) is 4.39 Å². The van der Waals surface area contributed by atoms with Gasteiger partial charge < -0.3 is 4.57 Å². The number of hydrogen-bond donors (Lipinski definition) is 2. The molecule has 0 bridgehead atoms. The molecule has 32 heavy (non-hydrogen) atoms. The predicted molar refractivity (Wildman–Crippen MR) is 118 cm³/mol. The molecule has 2 aromatic heterocycles. The molecule has 0 radical (unpaired) electrons. The zero-order valence-electron chi connectivity index (χ0n) is 16.2. The van der Waals surface area contributed by atoms with Crippen LogP contribution in [0.5, 0.6) is 0 Å². The highest BCUT2D eigenvalue weighted by Gasteiger charge is 2.28. The van der Waals surface area contributed by atoms with E-state index in [0.29, 0.717) is 28.2 Å². The number of halogens is 2. The molecular formula is C21H14ClFN6O2S. The van der Waals surface area contributed by atoms with Crippen molar-refractivity contribution in [3.05, 3.63) is 77.6 Å². The van der Waals surface area contributed by atoms with Crippen LogP contribution in [-0.4, -0.2) is 33.6 Å². The van der Waals surface area contributed by atoms with Gasteiger partial charge in [-0.3, -0.25) is 0 Å². The number of rotatable bonds is 4. The summed E-state index contributed by atoms with van der Waals surface area (Å²) in [5.74, 6) is -0.353. The molecule has 0 atom stereocenters. The number of tetrazole rings is 1. The van der Waals surface area contributed by atoms with Crippen LogP contribution in [0.25, 0.3) is 39.2 Å². The molecule has 5 rings (SSSR count). The highest BCUT2D eigenvalue weighted by molar-refractivity contribution is 7.89. The molecule has 160 valence electrons. The molecular weight excluding hydrogens is 455 g/mol. The molecule has 0 saturated heterocycles. The smallest absolute Gasteiger partial charge is 0.240 e. The zero-order chi connectivity index (χ0) is 22.5. The number of benzene rings is 3. The average molecular weight is 469 g/mol. The maximum atomic E-state index is 14.4. The molecule has 0 amide bonds. The van der Waals surface area contributed by atoms with E-state index in [-0.39, 0.29) is 21.0 Å². The minimum atomic E-state index is -4.25. The van der Waals surface area contributed by atoms with Crippen molar-refractivity contribution < 1.29 is 12.8 Å². The summed E-state index contributed by atoms with van der Waals surface area (Å²) in [6.07, 6.45) is 0. The Morgan fingerprint density at radius 2 is 1.69 bits per heavy atom. The number of aromatic amines is 1. The van der Waals surface area contributed by atoms with Gasteiger partial charge in [0.05, 0.1) is 16.2 Å². The minimum Gasteiger partial charge on any atom is -0.308 e. The van der Waals surface area contributed by atoms with E-state index < -0.39 is 15.8 Å². The zero-order valence-corrected chi connectivity index (χ0v) is 17.8. The third kappa shape index (κ3) is 3.34. The maximum Gasteiger partial charge on any atom is 0.240 e. The lowest BCUT2D eigenvalue weighted by Crippen LogP contribution is -2.13. The Balaban J connectivity index is 1.88. The molecule has 0 aliphatic rings. The number of aromatic nitrogens is 5. The summed E-state index contributed by atoms with van der Waals surface area (Å²) in [6, 6.07) is 18.4. The second-order valence-electron chi connectivity index (χ2n) is 6.99. The topological polar surface area (TPSA) is 120 Å². The Kier molecular flexibility index (Phi) is 4.77.